The van der Waals surface area contributed by atoms with Crippen molar-refractivity contribution < 1.29 is 4.79 Å². The summed E-state index contributed by atoms with van der Waals surface area (Å²) < 4.78 is 0. The van der Waals surface area contributed by atoms with Crippen LogP contribution in [0.3, 0.4) is 0 Å². The number of carbonyl (C=O) groups excluding carboxylic acids is 1. The normalized spacial score (nSPS) is 23.3. The van der Waals surface area contributed by atoms with Crippen LogP contribution in [-0.2, 0) is 4.79 Å². The van der Waals surface area contributed by atoms with Crippen LogP contribution in [-0.4, -0.2) is 59.0 Å². The molecule has 0 aromatic carbocycles. The van der Waals surface area contributed by atoms with E-state index in [1.165, 1.54) is 43.6 Å². The predicted molar refractivity (Wildman–Crippen MR) is 90.2 cm³/mol. The minimum atomic E-state index is -0.0903. The van der Waals surface area contributed by atoms with Crippen LogP contribution in [0.1, 0.15) is 39.0 Å². The number of rotatable bonds is 4. The van der Waals surface area contributed by atoms with Crippen LogP contribution in [0.15, 0.2) is 11.6 Å². The molecule has 1 saturated carbocycles. The van der Waals surface area contributed by atoms with Gasteiger partial charge in [-0.05, 0) is 32.7 Å². The molecule has 22 heavy (non-hydrogen) atoms. The van der Waals surface area contributed by atoms with Crippen molar-refractivity contribution in [2.45, 2.75) is 51.1 Å². The highest BCUT2D eigenvalue weighted by Crippen LogP contribution is 2.24. The van der Waals surface area contributed by atoms with E-state index in [0.717, 1.165) is 32.1 Å². The van der Waals surface area contributed by atoms with E-state index in [2.05, 4.69) is 20.1 Å². The standard InChI is InChI=1S/C16H26N4OS/c1-13(15(21)18-16-17-7-12-22-16)19-8-4-9-20(11-10-19)14-5-2-3-6-14/h7,12-14H,2-6,8-11H2,1H3,(H,17,18,21). The fraction of sp³-hybridized carbons (Fsp3) is 0.750. The Morgan fingerprint density at radius 1 is 1.27 bits per heavy atom. The van der Waals surface area contributed by atoms with Crippen LogP contribution in [0.5, 0.6) is 0 Å². The van der Waals surface area contributed by atoms with Crippen LogP contribution in [0.25, 0.3) is 0 Å². The second-order valence-corrected chi connectivity index (χ2v) is 7.26. The van der Waals surface area contributed by atoms with Crippen LogP contribution >= 0.6 is 11.3 Å². The van der Waals surface area contributed by atoms with Crippen LogP contribution in [0.2, 0.25) is 0 Å². The van der Waals surface area contributed by atoms with Crippen molar-refractivity contribution in [1.82, 2.24) is 14.8 Å². The lowest BCUT2D eigenvalue weighted by Crippen LogP contribution is -2.44. The third-order valence-corrected chi connectivity index (χ3v) is 5.68. The first-order chi connectivity index (χ1) is 10.7. The van der Waals surface area contributed by atoms with Crippen molar-refractivity contribution in [2.75, 3.05) is 31.5 Å². The van der Waals surface area contributed by atoms with Gasteiger partial charge in [-0.25, -0.2) is 4.98 Å². The van der Waals surface area contributed by atoms with Gasteiger partial charge in [-0.2, -0.15) is 0 Å². The molecule has 0 spiro atoms. The zero-order chi connectivity index (χ0) is 15.4. The minimum Gasteiger partial charge on any atom is -0.301 e. The summed E-state index contributed by atoms with van der Waals surface area (Å²) in [5.41, 5.74) is 0. The predicted octanol–water partition coefficient (Wildman–Crippen LogP) is 2.42. The first-order valence-corrected chi connectivity index (χ1v) is 9.30. The molecular formula is C16H26N4OS. The van der Waals surface area contributed by atoms with Gasteiger partial charge in [-0.3, -0.25) is 14.6 Å². The van der Waals surface area contributed by atoms with E-state index in [4.69, 9.17) is 0 Å². The number of aromatic nitrogens is 1. The number of hydrogen-bond donors (Lipinski definition) is 1. The van der Waals surface area contributed by atoms with Gasteiger partial charge in [0.25, 0.3) is 0 Å². The second kappa shape index (κ2) is 7.53. The van der Waals surface area contributed by atoms with Gasteiger partial charge in [0.15, 0.2) is 5.13 Å². The monoisotopic (exact) mass is 322 g/mol. The number of anilines is 1. The Labute approximate surface area is 136 Å². The molecule has 1 amide bonds. The van der Waals surface area contributed by atoms with Gasteiger partial charge in [0, 0.05) is 37.3 Å². The van der Waals surface area contributed by atoms with Crippen molar-refractivity contribution >= 4 is 22.4 Å². The van der Waals surface area contributed by atoms with Gasteiger partial charge in [-0.1, -0.05) is 12.8 Å². The number of thiazole rings is 1. The minimum absolute atomic E-state index is 0.0595. The topological polar surface area (TPSA) is 48.5 Å². The maximum Gasteiger partial charge on any atom is 0.243 e. The molecule has 1 N–H and O–H groups in total. The van der Waals surface area contributed by atoms with Crippen molar-refractivity contribution in [2.24, 2.45) is 0 Å². The van der Waals surface area contributed by atoms with E-state index in [-0.39, 0.29) is 11.9 Å². The van der Waals surface area contributed by atoms with E-state index in [1.807, 2.05) is 12.3 Å². The van der Waals surface area contributed by atoms with E-state index in [1.54, 1.807) is 6.20 Å². The second-order valence-electron chi connectivity index (χ2n) is 6.37. The van der Waals surface area contributed by atoms with Gasteiger partial charge in [0.2, 0.25) is 5.91 Å². The van der Waals surface area contributed by atoms with Gasteiger partial charge >= 0.3 is 0 Å². The average molecular weight is 322 g/mol. The van der Waals surface area contributed by atoms with Crippen molar-refractivity contribution in [3.8, 4) is 0 Å². The Morgan fingerprint density at radius 2 is 2.09 bits per heavy atom. The Hall–Kier alpha value is -0.980. The van der Waals surface area contributed by atoms with Crippen LogP contribution in [0, 0.1) is 0 Å². The number of nitrogens with one attached hydrogen (secondary N) is 1. The quantitative estimate of drug-likeness (QED) is 0.925. The van der Waals surface area contributed by atoms with E-state index < -0.39 is 0 Å². The molecule has 122 valence electrons. The largest absolute Gasteiger partial charge is 0.301 e. The molecule has 1 aliphatic heterocycles. The first kappa shape index (κ1) is 15.9. The molecule has 1 aromatic heterocycles. The smallest absolute Gasteiger partial charge is 0.243 e. The highest BCUT2D eigenvalue weighted by Gasteiger charge is 2.28. The lowest BCUT2D eigenvalue weighted by Gasteiger charge is -2.28. The molecule has 6 heteroatoms. The zero-order valence-electron chi connectivity index (χ0n) is 13.3. The van der Waals surface area contributed by atoms with Gasteiger partial charge in [0.1, 0.15) is 0 Å². The lowest BCUT2D eigenvalue weighted by molar-refractivity contribution is -0.120. The maximum absolute atomic E-state index is 12.4. The molecule has 1 unspecified atom stereocenters. The summed E-state index contributed by atoms with van der Waals surface area (Å²) in [4.78, 5) is 21.5. The van der Waals surface area contributed by atoms with Crippen LogP contribution in [0.4, 0.5) is 5.13 Å². The first-order valence-electron chi connectivity index (χ1n) is 8.42. The number of amides is 1. The number of carbonyl (C=O) groups is 1. The molecule has 1 atom stereocenters. The summed E-state index contributed by atoms with van der Waals surface area (Å²) in [6.07, 6.45) is 8.37. The number of nitrogens with zero attached hydrogens (tertiary/aromatic N) is 3. The third kappa shape index (κ3) is 3.86. The summed E-state index contributed by atoms with van der Waals surface area (Å²) >= 11 is 1.47. The van der Waals surface area contributed by atoms with Crippen molar-refractivity contribution in [3.63, 3.8) is 0 Å². The molecule has 0 bridgehead atoms. The lowest BCUT2D eigenvalue weighted by atomic mass is 10.2. The SMILES string of the molecule is CC(C(=O)Nc1nccs1)N1CCCN(C2CCCC2)CC1. The fourth-order valence-corrected chi connectivity index (χ4v) is 4.17. The van der Waals surface area contributed by atoms with Crippen molar-refractivity contribution in [3.05, 3.63) is 11.6 Å². The fourth-order valence-electron chi connectivity index (χ4n) is 3.64. The van der Waals surface area contributed by atoms with Gasteiger partial charge in [0.05, 0.1) is 6.04 Å². The summed E-state index contributed by atoms with van der Waals surface area (Å²) in [5.74, 6) is 0.0595. The Balaban J connectivity index is 1.52. The van der Waals surface area contributed by atoms with E-state index >= 15 is 0 Å². The molecule has 2 fully saturated rings. The summed E-state index contributed by atoms with van der Waals surface area (Å²) in [7, 11) is 0. The molecular weight excluding hydrogens is 296 g/mol. The molecule has 0 radical (unpaired) electrons. The van der Waals surface area contributed by atoms with Gasteiger partial charge in [-0.15, -0.1) is 11.3 Å². The van der Waals surface area contributed by atoms with Crippen LogP contribution < -0.4 is 5.32 Å². The molecule has 1 aromatic rings. The number of hydrogen-bond acceptors (Lipinski definition) is 5. The summed E-state index contributed by atoms with van der Waals surface area (Å²) in [6.45, 7) is 6.29. The molecule has 2 aliphatic rings. The molecule has 1 aliphatic carbocycles. The summed E-state index contributed by atoms with van der Waals surface area (Å²) in [6, 6.07) is 0.701. The highest BCUT2D eigenvalue weighted by atomic mass is 32.1. The van der Waals surface area contributed by atoms with E-state index in [9.17, 15) is 4.79 Å². The third-order valence-electron chi connectivity index (χ3n) is 5.00. The Morgan fingerprint density at radius 3 is 2.82 bits per heavy atom. The molecule has 2 heterocycles. The average Bonchev–Trinajstić information content (AvgIpc) is 3.17. The highest BCUT2D eigenvalue weighted by molar-refractivity contribution is 7.13. The molecule has 3 rings (SSSR count). The van der Waals surface area contributed by atoms with Gasteiger partial charge < -0.3 is 5.32 Å². The van der Waals surface area contributed by atoms with Crippen molar-refractivity contribution in [1.29, 1.82) is 0 Å². The Kier molecular flexibility index (Phi) is 5.44. The Bertz CT molecular complexity index is 473. The maximum atomic E-state index is 12.4. The molecule has 1 saturated heterocycles. The molecule has 5 nitrogen and oxygen atoms in total. The zero-order valence-corrected chi connectivity index (χ0v) is 14.1. The van der Waals surface area contributed by atoms with E-state index in [0.29, 0.717) is 5.13 Å². The summed E-state index contributed by atoms with van der Waals surface area (Å²) in [5, 5.41) is 5.49.